The molecule has 0 saturated heterocycles. The zero-order valence-electron chi connectivity index (χ0n) is 6.54. The molecule has 0 bridgehead atoms. The summed E-state index contributed by atoms with van der Waals surface area (Å²) in [6.45, 7) is 0. The average Bonchev–Trinajstić information content (AvgIpc) is 2.25. The van der Waals surface area contributed by atoms with Crippen molar-refractivity contribution in [1.82, 2.24) is 0 Å². The van der Waals surface area contributed by atoms with Gasteiger partial charge in [-0.05, 0) is 0 Å². The minimum atomic E-state index is -0.116. The fraction of sp³-hybridized carbons (Fsp3) is 0.222. The third-order valence-corrected chi connectivity index (χ3v) is 4.82. The number of para-hydroxylation sites is 1. The van der Waals surface area contributed by atoms with E-state index in [1.807, 2.05) is 18.2 Å². The van der Waals surface area contributed by atoms with Gasteiger partial charge in [0.2, 0.25) is 0 Å². The van der Waals surface area contributed by atoms with E-state index in [1.165, 1.54) is 3.61 Å². The topological polar surface area (TPSA) is 29.1 Å². The summed E-state index contributed by atoms with van der Waals surface area (Å²) in [4.78, 5) is 11.2. The molecule has 2 rings (SSSR count). The summed E-state index contributed by atoms with van der Waals surface area (Å²) in [6.07, 6.45) is 0.705. The molecule has 2 nitrogen and oxygen atoms in total. The standard InChI is InChI=1S/C9H9NOTe/c11-9-5-6-12-8-4-2-1-3-7(8)10-9/h1-4H,5-6H2,(H,10,11). The van der Waals surface area contributed by atoms with Crippen LogP contribution < -0.4 is 8.93 Å². The van der Waals surface area contributed by atoms with E-state index >= 15 is 0 Å². The summed E-state index contributed by atoms with van der Waals surface area (Å²) in [6, 6.07) is 8.13. The number of rotatable bonds is 0. The summed E-state index contributed by atoms with van der Waals surface area (Å²) in [5.41, 5.74) is 1.04. The number of hydrogen-bond donors (Lipinski definition) is 1. The summed E-state index contributed by atoms with van der Waals surface area (Å²) in [7, 11) is 0. The molecule has 0 aromatic heterocycles. The number of anilines is 1. The monoisotopic (exact) mass is 277 g/mol. The molecule has 0 fully saturated rings. The normalized spacial score (nSPS) is 16.2. The maximum absolute atomic E-state index is 11.2. The molecule has 12 heavy (non-hydrogen) atoms. The van der Waals surface area contributed by atoms with Gasteiger partial charge in [-0.3, -0.25) is 0 Å². The maximum atomic E-state index is 11.2. The van der Waals surface area contributed by atoms with Crippen LogP contribution in [-0.2, 0) is 4.79 Å². The second kappa shape index (κ2) is 3.47. The van der Waals surface area contributed by atoms with Crippen LogP contribution in [0.1, 0.15) is 6.42 Å². The molecule has 0 atom stereocenters. The minimum absolute atomic E-state index is 0.116. The van der Waals surface area contributed by atoms with Gasteiger partial charge in [0.05, 0.1) is 0 Å². The Morgan fingerprint density at radius 1 is 1.33 bits per heavy atom. The van der Waals surface area contributed by atoms with Gasteiger partial charge >= 0.3 is 81.4 Å². The molecule has 3 heteroatoms. The zero-order valence-corrected chi connectivity index (χ0v) is 8.87. The van der Waals surface area contributed by atoms with Crippen LogP contribution in [0.2, 0.25) is 4.47 Å². The summed E-state index contributed by atoms with van der Waals surface area (Å²) < 4.78 is 2.47. The molecular formula is C9H9NOTe. The van der Waals surface area contributed by atoms with Gasteiger partial charge in [-0.1, -0.05) is 0 Å². The van der Waals surface area contributed by atoms with Crippen molar-refractivity contribution in [2.75, 3.05) is 5.32 Å². The Morgan fingerprint density at radius 3 is 3.08 bits per heavy atom. The Kier molecular flexibility index (Phi) is 2.34. The van der Waals surface area contributed by atoms with Crippen molar-refractivity contribution in [2.24, 2.45) is 0 Å². The van der Waals surface area contributed by atoms with Crippen molar-refractivity contribution in [1.29, 1.82) is 0 Å². The number of fused-ring (bicyclic) bond motifs is 1. The van der Waals surface area contributed by atoms with Crippen LogP contribution in [-0.4, -0.2) is 26.8 Å². The van der Waals surface area contributed by atoms with Crippen LogP contribution in [0.3, 0.4) is 0 Å². The second-order valence-electron chi connectivity index (χ2n) is 2.64. The SMILES string of the molecule is O=C1CC[Te]c2ccccc2N1. The summed E-state index contributed by atoms with van der Waals surface area (Å²) >= 11 is -0.116. The number of carbonyl (C=O) groups excluding carboxylic acids is 1. The molecule has 0 radical (unpaired) electrons. The molecular weight excluding hydrogens is 266 g/mol. The molecule has 1 N–H and O–H groups in total. The number of amides is 1. The number of hydrogen-bond acceptors (Lipinski definition) is 1. The van der Waals surface area contributed by atoms with Crippen molar-refractivity contribution in [3.05, 3.63) is 24.3 Å². The molecule has 0 saturated carbocycles. The van der Waals surface area contributed by atoms with Gasteiger partial charge in [0, 0.05) is 0 Å². The van der Waals surface area contributed by atoms with E-state index in [4.69, 9.17) is 0 Å². The third kappa shape index (κ3) is 1.63. The Hall–Kier alpha value is -0.520. The Bertz CT molecular complexity index is 311. The van der Waals surface area contributed by atoms with Crippen molar-refractivity contribution >= 4 is 36.1 Å². The molecule has 1 aromatic carbocycles. The van der Waals surface area contributed by atoms with E-state index in [0.717, 1.165) is 10.2 Å². The molecule has 1 heterocycles. The van der Waals surface area contributed by atoms with Crippen molar-refractivity contribution < 1.29 is 4.79 Å². The molecule has 1 amide bonds. The number of benzene rings is 1. The second-order valence-corrected chi connectivity index (χ2v) is 5.89. The van der Waals surface area contributed by atoms with Gasteiger partial charge in [-0.15, -0.1) is 0 Å². The van der Waals surface area contributed by atoms with Gasteiger partial charge in [-0.2, -0.15) is 0 Å². The predicted octanol–water partition coefficient (Wildman–Crippen LogP) is 0.777. The van der Waals surface area contributed by atoms with Gasteiger partial charge < -0.3 is 0 Å². The van der Waals surface area contributed by atoms with Crippen LogP contribution in [0.5, 0.6) is 0 Å². The first-order chi connectivity index (χ1) is 5.86. The van der Waals surface area contributed by atoms with E-state index in [-0.39, 0.29) is 26.8 Å². The van der Waals surface area contributed by atoms with E-state index in [0.29, 0.717) is 6.42 Å². The first-order valence-electron chi connectivity index (χ1n) is 3.88. The van der Waals surface area contributed by atoms with E-state index in [2.05, 4.69) is 11.4 Å². The molecule has 1 aliphatic heterocycles. The summed E-state index contributed by atoms with van der Waals surface area (Å²) in [5.74, 6) is 0.171. The first-order valence-corrected chi connectivity index (χ1v) is 6.69. The van der Waals surface area contributed by atoms with Crippen LogP contribution in [0.4, 0.5) is 5.69 Å². The number of nitrogens with one attached hydrogen (secondary N) is 1. The van der Waals surface area contributed by atoms with Crippen molar-refractivity contribution in [3.63, 3.8) is 0 Å². The van der Waals surface area contributed by atoms with Crippen LogP contribution in [0.25, 0.3) is 0 Å². The van der Waals surface area contributed by atoms with Gasteiger partial charge in [-0.25, -0.2) is 0 Å². The first kappa shape index (κ1) is 8.09. The fourth-order valence-corrected chi connectivity index (χ4v) is 3.89. The van der Waals surface area contributed by atoms with E-state index < -0.39 is 0 Å². The molecule has 1 aromatic rings. The van der Waals surface area contributed by atoms with Gasteiger partial charge in [0.1, 0.15) is 0 Å². The molecule has 0 spiro atoms. The zero-order chi connectivity index (χ0) is 8.39. The quantitative estimate of drug-likeness (QED) is 0.696. The van der Waals surface area contributed by atoms with Crippen LogP contribution in [0.15, 0.2) is 24.3 Å². The van der Waals surface area contributed by atoms with Gasteiger partial charge in [0.25, 0.3) is 0 Å². The van der Waals surface area contributed by atoms with Gasteiger partial charge in [0.15, 0.2) is 0 Å². The predicted molar refractivity (Wildman–Crippen MR) is 49.9 cm³/mol. The summed E-state index contributed by atoms with van der Waals surface area (Å²) in [5, 5.41) is 2.92. The van der Waals surface area contributed by atoms with Crippen LogP contribution in [0, 0.1) is 0 Å². The molecule has 1 aliphatic rings. The molecule has 0 unspecified atom stereocenters. The van der Waals surface area contributed by atoms with E-state index in [9.17, 15) is 4.79 Å². The Morgan fingerprint density at radius 2 is 2.17 bits per heavy atom. The van der Waals surface area contributed by atoms with Crippen LogP contribution >= 0.6 is 0 Å². The van der Waals surface area contributed by atoms with Crippen molar-refractivity contribution in [2.45, 2.75) is 10.9 Å². The molecule has 62 valence electrons. The van der Waals surface area contributed by atoms with Crippen molar-refractivity contribution in [3.8, 4) is 0 Å². The average molecular weight is 275 g/mol. The molecule has 0 aliphatic carbocycles. The van der Waals surface area contributed by atoms with E-state index in [1.54, 1.807) is 0 Å². The Balaban J connectivity index is 2.37. The fourth-order valence-electron chi connectivity index (χ4n) is 1.16. The third-order valence-electron chi connectivity index (χ3n) is 1.75. The number of carbonyl (C=O) groups is 1. The Labute approximate surface area is 81.4 Å².